The molecular formula is C9H8F3NO2S. The summed E-state index contributed by atoms with van der Waals surface area (Å²) >= 11 is 3.74. The number of ether oxygens (including phenoxy) is 1. The molecule has 0 aliphatic heterocycles. The van der Waals surface area contributed by atoms with Gasteiger partial charge in [-0.05, 0) is 24.3 Å². The number of anilines is 1. The molecule has 1 aromatic rings. The van der Waals surface area contributed by atoms with E-state index in [1.807, 2.05) is 0 Å². The Bertz CT molecular complexity index is 364. The molecule has 0 radical (unpaired) electrons. The summed E-state index contributed by atoms with van der Waals surface area (Å²) < 4.78 is 39.1. The molecule has 1 rings (SSSR count). The number of rotatable bonds is 3. The predicted octanol–water partition coefficient (Wildman–Crippen LogP) is 2.45. The molecule has 0 saturated heterocycles. The maximum Gasteiger partial charge on any atom is 0.573 e. The second-order valence-electron chi connectivity index (χ2n) is 2.78. The zero-order chi connectivity index (χ0) is 12.2. The molecule has 88 valence electrons. The van der Waals surface area contributed by atoms with Crippen molar-refractivity contribution in [3.05, 3.63) is 24.3 Å². The SMILES string of the molecule is O=C(CS)Nc1ccc(OC(F)(F)F)cc1. The van der Waals surface area contributed by atoms with Crippen LogP contribution in [0.2, 0.25) is 0 Å². The fraction of sp³-hybridized carbons (Fsp3) is 0.222. The highest BCUT2D eigenvalue weighted by Crippen LogP contribution is 2.23. The monoisotopic (exact) mass is 251 g/mol. The second-order valence-corrected chi connectivity index (χ2v) is 3.09. The van der Waals surface area contributed by atoms with Crippen molar-refractivity contribution < 1.29 is 22.7 Å². The summed E-state index contributed by atoms with van der Waals surface area (Å²) in [4.78, 5) is 10.9. The van der Waals surface area contributed by atoms with E-state index in [1.54, 1.807) is 0 Å². The van der Waals surface area contributed by atoms with Gasteiger partial charge in [0.15, 0.2) is 0 Å². The molecule has 7 heteroatoms. The maximum absolute atomic E-state index is 11.8. The van der Waals surface area contributed by atoms with Crippen molar-refractivity contribution in [2.24, 2.45) is 0 Å². The third-order valence-electron chi connectivity index (χ3n) is 1.52. The molecule has 0 heterocycles. The summed E-state index contributed by atoms with van der Waals surface area (Å²) in [5, 5.41) is 2.43. The van der Waals surface area contributed by atoms with E-state index in [9.17, 15) is 18.0 Å². The van der Waals surface area contributed by atoms with E-state index in [2.05, 4.69) is 22.7 Å². The highest BCUT2D eigenvalue weighted by Gasteiger charge is 2.30. The van der Waals surface area contributed by atoms with Crippen LogP contribution >= 0.6 is 12.6 Å². The highest BCUT2D eigenvalue weighted by atomic mass is 32.1. The Labute approximate surface area is 95.0 Å². The van der Waals surface area contributed by atoms with Gasteiger partial charge in [-0.3, -0.25) is 4.79 Å². The molecule has 3 nitrogen and oxygen atoms in total. The third-order valence-corrected chi connectivity index (χ3v) is 1.80. The van der Waals surface area contributed by atoms with Gasteiger partial charge >= 0.3 is 6.36 Å². The summed E-state index contributed by atoms with van der Waals surface area (Å²) in [6.45, 7) is 0. The summed E-state index contributed by atoms with van der Waals surface area (Å²) in [6.07, 6.45) is -4.71. The third kappa shape index (κ3) is 4.43. The summed E-state index contributed by atoms with van der Waals surface area (Å²) in [5.74, 6) is -0.676. The van der Waals surface area contributed by atoms with Crippen LogP contribution < -0.4 is 10.1 Å². The molecule has 0 atom stereocenters. The maximum atomic E-state index is 11.8. The zero-order valence-electron chi connectivity index (χ0n) is 7.91. The number of benzene rings is 1. The molecule has 0 unspecified atom stereocenters. The quantitative estimate of drug-likeness (QED) is 0.810. The van der Waals surface area contributed by atoms with Gasteiger partial charge < -0.3 is 10.1 Å². The molecule has 16 heavy (non-hydrogen) atoms. The van der Waals surface area contributed by atoms with E-state index >= 15 is 0 Å². The Kier molecular flexibility index (Phi) is 4.05. The van der Waals surface area contributed by atoms with Crippen molar-refractivity contribution in [1.29, 1.82) is 0 Å². The average Bonchev–Trinajstić information content (AvgIpc) is 2.18. The largest absolute Gasteiger partial charge is 0.573 e. The number of nitrogens with one attached hydrogen (secondary N) is 1. The normalized spacial score (nSPS) is 11.0. The lowest BCUT2D eigenvalue weighted by Crippen LogP contribution is -2.17. The van der Waals surface area contributed by atoms with Crippen LogP contribution in [0.4, 0.5) is 18.9 Å². The zero-order valence-corrected chi connectivity index (χ0v) is 8.81. The van der Waals surface area contributed by atoms with Crippen molar-refractivity contribution in [3.63, 3.8) is 0 Å². The highest BCUT2D eigenvalue weighted by molar-refractivity contribution is 7.81. The number of carbonyl (C=O) groups excluding carboxylic acids is 1. The van der Waals surface area contributed by atoms with E-state index in [1.165, 1.54) is 12.1 Å². The minimum absolute atomic E-state index is 0.000796. The molecule has 0 aromatic heterocycles. The van der Waals surface area contributed by atoms with Crippen LogP contribution in [0.3, 0.4) is 0 Å². The van der Waals surface area contributed by atoms with Gasteiger partial charge in [-0.15, -0.1) is 13.2 Å². The second kappa shape index (κ2) is 5.11. The van der Waals surface area contributed by atoms with Gasteiger partial charge in [-0.1, -0.05) is 0 Å². The van der Waals surface area contributed by atoms with Crippen LogP contribution in [0.15, 0.2) is 24.3 Å². The Morgan fingerprint density at radius 3 is 2.31 bits per heavy atom. The molecule has 1 aromatic carbocycles. The van der Waals surface area contributed by atoms with Gasteiger partial charge in [0, 0.05) is 5.69 Å². The number of carbonyl (C=O) groups is 1. The number of hydrogen-bond acceptors (Lipinski definition) is 3. The van der Waals surface area contributed by atoms with Crippen LogP contribution in [-0.4, -0.2) is 18.0 Å². The smallest absolute Gasteiger partial charge is 0.406 e. The Balaban J connectivity index is 2.64. The minimum Gasteiger partial charge on any atom is -0.406 e. The lowest BCUT2D eigenvalue weighted by Gasteiger charge is -2.09. The number of hydrogen-bond donors (Lipinski definition) is 2. The van der Waals surface area contributed by atoms with Crippen molar-refractivity contribution in [2.75, 3.05) is 11.1 Å². The van der Waals surface area contributed by atoms with Gasteiger partial charge in [0.1, 0.15) is 5.75 Å². The number of thiol groups is 1. The molecule has 1 N–H and O–H groups in total. The standard InChI is InChI=1S/C9H8F3NO2S/c10-9(11,12)15-7-3-1-6(2-4-7)13-8(14)5-16/h1-4,16H,5H2,(H,13,14). The first-order valence-corrected chi connectivity index (χ1v) is 4.80. The molecule has 0 bridgehead atoms. The summed E-state index contributed by atoms with van der Waals surface area (Å²) in [5.41, 5.74) is 0.383. The first-order valence-electron chi connectivity index (χ1n) is 4.17. The van der Waals surface area contributed by atoms with E-state index in [0.717, 1.165) is 12.1 Å². The van der Waals surface area contributed by atoms with Crippen molar-refractivity contribution in [3.8, 4) is 5.75 Å². The summed E-state index contributed by atoms with van der Waals surface area (Å²) in [7, 11) is 0. The van der Waals surface area contributed by atoms with Crippen molar-refractivity contribution >= 4 is 24.2 Å². The molecule has 0 saturated carbocycles. The minimum atomic E-state index is -4.71. The fourth-order valence-electron chi connectivity index (χ4n) is 0.940. The van der Waals surface area contributed by atoms with Crippen molar-refractivity contribution in [1.82, 2.24) is 0 Å². The van der Waals surface area contributed by atoms with E-state index in [0.29, 0.717) is 5.69 Å². The van der Waals surface area contributed by atoms with E-state index in [-0.39, 0.29) is 17.4 Å². The Hall–Kier alpha value is -1.37. The van der Waals surface area contributed by atoms with Gasteiger partial charge in [-0.2, -0.15) is 12.6 Å². The molecule has 0 aliphatic rings. The van der Waals surface area contributed by atoms with Gasteiger partial charge in [0.25, 0.3) is 0 Å². The molecule has 1 amide bonds. The van der Waals surface area contributed by atoms with Crippen LogP contribution in [0.25, 0.3) is 0 Å². The fourth-order valence-corrected chi connectivity index (χ4v) is 1.02. The van der Waals surface area contributed by atoms with Crippen LogP contribution in [0, 0.1) is 0 Å². The van der Waals surface area contributed by atoms with Crippen LogP contribution in [0.5, 0.6) is 5.75 Å². The first-order chi connectivity index (χ1) is 7.40. The van der Waals surface area contributed by atoms with Gasteiger partial charge in [0.05, 0.1) is 5.75 Å². The molecule has 0 spiro atoms. The van der Waals surface area contributed by atoms with Gasteiger partial charge in [-0.25, -0.2) is 0 Å². The van der Waals surface area contributed by atoms with Gasteiger partial charge in [0.2, 0.25) is 5.91 Å². The van der Waals surface area contributed by atoms with Crippen LogP contribution in [-0.2, 0) is 4.79 Å². The first kappa shape index (κ1) is 12.7. The molecular weight excluding hydrogens is 243 g/mol. The molecule has 0 aliphatic carbocycles. The summed E-state index contributed by atoms with van der Waals surface area (Å²) in [6, 6.07) is 4.84. The predicted molar refractivity (Wildman–Crippen MR) is 55.6 cm³/mol. The number of amides is 1. The lowest BCUT2D eigenvalue weighted by atomic mass is 10.3. The van der Waals surface area contributed by atoms with E-state index in [4.69, 9.17) is 0 Å². The van der Waals surface area contributed by atoms with Crippen molar-refractivity contribution in [2.45, 2.75) is 6.36 Å². The topological polar surface area (TPSA) is 38.3 Å². The van der Waals surface area contributed by atoms with Crippen LogP contribution in [0.1, 0.15) is 0 Å². The number of halogens is 3. The lowest BCUT2D eigenvalue weighted by molar-refractivity contribution is -0.274. The number of alkyl halides is 3. The Morgan fingerprint density at radius 2 is 1.88 bits per heavy atom. The Morgan fingerprint density at radius 1 is 1.31 bits per heavy atom. The van der Waals surface area contributed by atoms with E-state index < -0.39 is 6.36 Å². The average molecular weight is 251 g/mol. The molecule has 0 fully saturated rings.